The third-order valence-electron chi connectivity index (χ3n) is 2.56. The van der Waals surface area contributed by atoms with Crippen LogP contribution >= 0.6 is 22.7 Å². The zero-order chi connectivity index (χ0) is 13.7. The van der Waals surface area contributed by atoms with Crippen molar-refractivity contribution >= 4 is 33.8 Å². The van der Waals surface area contributed by atoms with Crippen LogP contribution in [0.4, 0.5) is 5.13 Å². The van der Waals surface area contributed by atoms with Crippen LogP contribution in [0.1, 0.15) is 17.8 Å². The first-order valence-corrected chi connectivity index (χ1v) is 7.60. The molecule has 2 aromatic rings. The molecule has 0 aromatic carbocycles. The molecule has 102 valence electrons. The molecule has 2 aromatic heterocycles. The third kappa shape index (κ3) is 4.00. The topological polar surface area (TPSA) is 55.3 Å². The molecular formula is C12H15N3O2S2. The van der Waals surface area contributed by atoms with Crippen molar-refractivity contribution in [2.24, 2.45) is 0 Å². The van der Waals surface area contributed by atoms with Crippen LogP contribution < -0.4 is 4.90 Å². The molecule has 0 atom stereocenters. The standard InChI is InChI=1S/C12H15N3O2S2/c1-15(5-10-6-18-8-13-10)12-14-9(7-19-12)3-4-11(16)17-2/h6-8H,3-5H2,1-2H3. The van der Waals surface area contributed by atoms with Crippen LogP contribution in [0.15, 0.2) is 16.3 Å². The van der Waals surface area contributed by atoms with E-state index in [9.17, 15) is 4.79 Å². The molecule has 0 aliphatic heterocycles. The van der Waals surface area contributed by atoms with E-state index in [1.54, 1.807) is 22.7 Å². The summed E-state index contributed by atoms with van der Waals surface area (Å²) in [5, 5.41) is 4.95. The first-order valence-electron chi connectivity index (χ1n) is 5.78. The number of carbonyl (C=O) groups is 1. The summed E-state index contributed by atoms with van der Waals surface area (Å²) in [6.45, 7) is 0.744. The minimum atomic E-state index is -0.203. The van der Waals surface area contributed by atoms with E-state index in [2.05, 4.69) is 19.6 Å². The van der Waals surface area contributed by atoms with Gasteiger partial charge in [-0.05, 0) is 0 Å². The molecule has 0 bridgehead atoms. The third-order valence-corrected chi connectivity index (χ3v) is 4.20. The monoisotopic (exact) mass is 297 g/mol. The highest BCUT2D eigenvalue weighted by Crippen LogP contribution is 2.21. The summed E-state index contributed by atoms with van der Waals surface area (Å²) in [6, 6.07) is 0. The van der Waals surface area contributed by atoms with E-state index >= 15 is 0 Å². The fraction of sp³-hybridized carbons (Fsp3) is 0.417. The van der Waals surface area contributed by atoms with Crippen molar-refractivity contribution in [3.8, 4) is 0 Å². The number of hydrogen-bond donors (Lipinski definition) is 0. The first-order chi connectivity index (χ1) is 9.19. The highest BCUT2D eigenvalue weighted by Gasteiger charge is 2.10. The number of aromatic nitrogens is 2. The molecule has 0 saturated carbocycles. The molecule has 0 N–H and O–H groups in total. The summed E-state index contributed by atoms with van der Waals surface area (Å²) in [5.41, 5.74) is 3.79. The van der Waals surface area contributed by atoms with E-state index in [0.29, 0.717) is 12.8 Å². The molecule has 0 unspecified atom stereocenters. The van der Waals surface area contributed by atoms with Gasteiger partial charge in [0.05, 0.1) is 37.0 Å². The van der Waals surface area contributed by atoms with Gasteiger partial charge in [0.15, 0.2) is 5.13 Å². The largest absolute Gasteiger partial charge is 0.469 e. The number of thiazole rings is 2. The number of methoxy groups -OCH3 is 1. The summed E-state index contributed by atoms with van der Waals surface area (Å²) < 4.78 is 4.62. The van der Waals surface area contributed by atoms with Gasteiger partial charge in [-0.25, -0.2) is 9.97 Å². The van der Waals surface area contributed by atoms with Gasteiger partial charge in [0, 0.05) is 24.2 Å². The molecule has 7 heteroatoms. The van der Waals surface area contributed by atoms with E-state index in [1.165, 1.54) is 7.11 Å². The Morgan fingerprint density at radius 3 is 2.95 bits per heavy atom. The van der Waals surface area contributed by atoms with Crippen LogP contribution in [0, 0.1) is 0 Å². The fourth-order valence-electron chi connectivity index (χ4n) is 1.54. The molecule has 2 heterocycles. The van der Waals surface area contributed by atoms with Gasteiger partial charge in [0.1, 0.15) is 0 Å². The van der Waals surface area contributed by atoms with E-state index in [0.717, 1.165) is 23.1 Å². The second-order valence-electron chi connectivity index (χ2n) is 4.03. The maximum Gasteiger partial charge on any atom is 0.305 e. The molecule has 0 spiro atoms. The number of nitrogens with zero attached hydrogens (tertiary/aromatic N) is 3. The van der Waals surface area contributed by atoms with Gasteiger partial charge < -0.3 is 9.64 Å². The van der Waals surface area contributed by atoms with Crippen LogP contribution in [0.2, 0.25) is 0 Å². The van der Waals surface area contributed by atoms with Crippen molar-refractivity contribution < 1.29 is 9.53 Å². The summed E-state index contributed by atoms with van der Waals surface area (Å²) in [5.74, 6) is -0.203. The van der Waals surface area contributed by atoms with Crippen molar-refractivity contribution in [2.75, 3.05) is 19.1 Å². The quantitative estimate of drug-likeness (QED) is 0.766. The van der Waals surface area contributed by atoms with Crippen molar-refractivity contribution in [3.63, 3.8) is 0 Å². The number of ether oxygens (including phenoxy) is 1. The molecule has 19 heavy (non-hydrogen) atoms. The lowest BCUT2D eigenvalue weighted by Crippen LogP contribution is -2.16. The highest BCUT2D eigenvalue weighted by molar-refractivity contribution is 7.13. The lowest BCUT2D eigenvalue weighted by Gasteiger charge is -2.13. The van der Waals surface area contributed by atoms with Gasteiger partial charge in [-0.3, -0.25) is 4.79 Å². The van der Waals surface area contributed by atoms with Crippen molar-refractivity contribution in [1.29, 1.82) is 0 Å². The SMILES string of the molecule is COC(=O)CCc1csc(N(C)Cc2cscn2)n1. The van der Waals surface area contributed by atoms with E-state index in [-0.39, 0.29) is 5.97 Å². The van der Waals surface area contributed by atoms with Crippen molar-refractivity contribution in [3.05, 3.63) is 27.7 Å². The van der Waals surface area contributed by atoms with Crippen LogP contribution in [0.3, 0.4) is 0 Å². The summed E-state index contributed by atoms with van der Waals surface area (Å²) in [6.07, 6.45) is 0.989. The summed E-state index contributed by atoms with van der Waals surface area (Å²) in [4.78, 5) is 21.9. The van der Waals surface area contributed by atoms with Crippen LogP contribution in [-0.4, -0.2) is 30.1 Å². The van der Waals surface area contributed by atoms with Gasteiger partial charge in [-0.2, -0.15) is 0 Å². The normalized spacial score (nSPS) is 10.4. The number of esters is 1. The number of anilines is 1. The number of hydrogen-bond acceptors (Lipinski definition) is 7. The second kappa shape index (κ2) is 6.63. The average Bonchev–Trinajstić information content (AvgIpc) is 3.06. The Labute approximate surface area is 119 Å². The Balaban J connectivity index is 1.90. The van der Waals surface area contributed by atoms with Gasteiger partial charge in [0.25, 0.3) is 0 Å². The zero-order valence-electron chi connectivity index (χ0n) is 10.8. The molecule has 5 nitrogen and oxygen atoms in total. The Morgan fingerprint density at radius 1 is 1.42 bits per heavy atom. The van der Waals surface area contributed by atoms with Crippen molar-refractivity contribution in [2.45, 2.75) is 19.4 Å². The zero-order valence-corrected chi connectivity index (χ0v) is 12.5. The van der Waals surface area contributed by atoms with Crippen LogP contribution in [0.25, 0.3) is 0 Å². The number of carbonyl (C=O) groups excluding carboxylic acids is 1. The highest BCUT2D eigenvalue weighted by atomic mass is 32.1. The van der Waals surface area contributed by atoms with Gasteiger partial charge in [-0.1, -0.05) is 0 Å². The Morgan fingerprint density at radius 2 is 2.26 bits per heavy atom. The lowest BCUT2D eigenvalue weighted by atomic mass is 10.2. The van der Waals surface area contributed by atoms with Crippen LogP contribution in [0.5, 0.6) is 0 Å². The molecule has 0 radical (unpaired) electrons. The maximum absolute atomic E-state index is 11.1. The van der Waals surface area contributed by atoms with Gasteiger partial charge in [0.2, 0.25) is 0 Å². The van der Waals surface area contributed by atoms with Crippen molar-refractivity contribution in [1.82, 2.24) is 9.97 Å². The van der Waals surface area contributed by atoms with Crippen LogP contribution in [-0.2, 0) is 22.5 Å². The molecule has 0 fully saturated rings. The van der Waals surface area contributed by atoms with Gasteiger partial charge >= 0.3 is 5.97 Å². The van der Waals surface area contributed by atoms with Gasteiger partial charge in [-0.15, -0.1) is 22.7 Å². The average molecular weight is 297 g/mol. The Bertz CT molecular complexity index is 525. The first kappa shape index (κ1) is 14.0. The van der Waals surface area contributed by atoms with E-state index in [4.69, 9.17) is 0 Å². The summed E-state index contributed by atoms with van der Waals surface area (Å²) >= 11 is 3.17. The minimum absolute atomic E-state index is 0.203. The Hall–Kier alpha value is -1.47. The predicted molar refractivity (Wildman–Crippen MR) is 76.7 cm³/mol. The minimum Gasteiger partial charge on any atom is -0.469 e. The smallest absolute Gasteiger partial charge is 0.305 e. The molecule has 0 aliphatic rings. The fourth-order valence-corrected chi connectivity index (χ4v) is 2.92. The lowest BCUT2D eigenvalue weighted by molar-refractivity contribution is -0.140. The molecule has 0 amide bonds. The van der Waals surface area contributed by atoms with E-state index in [1.807, 2.05) is 23.3 Å². The number of aryl methyl sites for hydroxylation is 1. The molecule has 0 aliphatic carbocycles. The van der Waals surface area contributed by atoms with E-state index < -0.39 is 0 Å². The Kier molecular flexibility index (Phi) is 4.86. The second-order valence-corrected chi connectivity index (χ2v) is 5.59. The molecule has 2 rings (SSSR count). The molecule has 0 saturated heterocycles. The number of rotatable bonds is 6. The summed E-state index contributed by atoms with van der Waals surface area (Å²) in [7, 11) is 3.39. The maximum atomic E-state index is 11.1. The molecular weight excluding hydrogens is 282 g/mol. The predicted octanol–water partition coefficient (Wildman–Crippen LogP) is 2.34.